The quantitative estimate of drug-likeness (QED) is 0.425. The van der Waals surface area contributed by atoms with Crippen LogP contribution in [0, 0.1) is 0 Å². The Labute approximate surface area is 205 Å². The maximum Gasteiger partial charge on any atom is 0.243 e. The van der Waals surface area contributed by atoms with Crippen molar-refractivity contribution < 1.29 is 9.59 Å². The lowest BCUT2D eigenvalue weighted by Crippen LogP contribution is -2.52. The Balaban J connectivity index is 1.97. The average Bonchev–Trinajstić information content (AvgIpc) is 2.79. The zero-order valence-electron chi connectivity index (χ0n) is 18.8. The van der Waals surface area contributed by atoms with Gasteiger partial charge in [-0.3, -0.25) is 9.59 Å². The number of benzene rings is 3. The van der Waals surface area contributed by atoms with Gasteiger partial charge in [-0.2, -0.15) is 0 Å². The Morgan fingerprint density at radius 3 is 2.00 bits per heavy atom. The Bertz CT molecular complexity index is 1070. The van der Waals surface area contributed by atoms with Gasteiger partial charge in [-0.05, 0) is 42.7 Å². The van der Waals surface area contributed by atoms with Crippen molar-refractivity contribution in [3.8, 4) is 0 Å². The van der Waals surface area contributed by atoms with Crippen molar-refractivity contribution in [2.75, 3.05) is 0 Å². The third-order valence-corrected chi connectivity index (χ3v) is 5.98. The summed E-state index contributed by atoms with van der Waals surface area (Å²) in [7, 11) is 0. The molecule has 0 aliphatic carbocycles. The molecule has 0 aromatic heterocycles. The third kappa shape index (κ3) is 7.34. The molecule has 3 aromatic carbocycles. The van der Waals surface area contributed by atoms with Crippen molar-refractivity contribution in [3.63, 3.8) is 0 Å². The topological polar surface area (TPSA) is 49.4 Å². The van der Waals surface area contributed by atoms with Gasteiger partial charge in [-0.15, -0.1) is 0 Å². The molecule has 0 aliphatic rings. The van der Waals surface area contributed by atoms with Crippen molar-refractivity contribution in [3.05, 3.63) is 106 Å². The number of nitrogens with one attached hydrogen (secondary N) is 1. The van der Waals surface area contributed by atoms with E-state index in [9.17, 15) is 9.59 Å². The lowest BCUT2D eigenvalue weighted by molar-refractivity contribution is -0.141. The lowest BCUT2D eigenvalue weighted by Gasteiger charge is -2.32. The molecular formula is C27H28Cl2N2O2. The number of carbonyl (C=O) groups is 2. The summed E-state index contributed by atoms with van der Waals surface area (Å²) in [5.41, 5.74) is 2.68. The van der Waals surface area contributed by atoms with Gasteiger partial charge in [-0.25, -0.2) is 0 Å². The fraction of sp³-hybridized carbons (Fsp3) is 0.259. The summed E-state index contributed by atoms with van der Waals surface area (Å²) >= 11 is 12.3. The van der Waals surface area contributed by atoms with E-state index in [1.807, 2.05) is 80.6 Å². The highest BCUT2D eigenvalue weighted by Crippen LogP contribution is 2.24. The van der Waals surface area contributed by atoms with Crippen LogP contribution >= 0.6 is 23.2 Å². The van der Waals surface area contributed by atoms with Crippen LogP contribution in [-0.2, 0) is 29.0 Å². The maximum absolute atomic E-state index is 13.6. The van der Waals surface area contributed by atoms with Crippen molar-refractivity contribution in [1.29, 1.82) is 0 Å². The first kappa shape index (κ1) is 24.8. The molecule has 0 saturated heterocycles. The highest BCUT2D eigenvalue weighted by Gasteiger charge is 2.30. The zero-order chi connectivity index (χ0) is 23.8. The smallest absolute Gasteiger partial charge is 0.243 e. The highest BCUT2D eigenvalue weighted by molar-refractivity contribution is 6.42. The van der Waals surface area contributed by atoms with E-state index in [2.05, 4.69) is 5.32 Å². The monoisotopic (exact) mass is 482 g/mol. The van der Waals surface area contributed by atoms with Crippen LogP contribution in [0.2, 0.25) is 10.0 Å². The van der Waals surface area contributed by atoms with E-state index < -0.39 is 6.04 Å². The van der Waals surface area contributed by atoms with Gasteiger partial charge in [0.15, 0.2) is 0 Å². The molecule has 0 spiro atoms. The van der Waals surface area contributed by atoms with Crippen molar-refractivity contribution in [2.45, 2.75) is 45.3 Å². The molecule has 0 aliphatic heterocycles. The molecule has 172 valence electrons. The first-order valence-corrected chi connectivity index (χ1v) is 11.7. The maximum atomic E-state index is 13.6. The normalized spacial score (nSPS) is 11.8. The minimum Gasteiger partial charge on any atom is -0.352 e. The van der Waals surface area contributed by atoms with Crippen molar-refractivity contribution in [1.82, 2.24) is 10.2 Å². The van der Waals surface area contributed by atoms with Crippen LogP contribution in [0.15, 0.2) is 78.9 Å². The van der Waals surface area contributed by atoms with Crippen LogP contribution in [0.1, 0.15) is 30.5 Å². The van der Waals surface area contributed by atoms with Gasteiger partial charge in [0, 0.05) is 19.0 Å². The van der Waals surface area contributed by atoms with Gasteiger partial charge in [0.05, 0.1) is 16.5 Å². The molecule has 6 heteroatoms. The number of nitrogens with zero attached hydrogens (tertiary/aromatic N) is 1. The molecule has 2 amide bonds. The third-order valence-electron chi connectivity index (χ3n) is 5.24. The Kier molecular flexibility index (Phi) is 8.93. The summed E-state index contributed by atoms with van der Waals surface area (Å²) in [6.07, 6.45) is 0.601. The number of halogens is 2. The molecule has 0 heterocycles. The van der Waals surface area contributed by atoms with Crippen LogP contribution in [-0.4, -0.2) is 28.8 Å². The zero-order valence-corrected chi connectivity index (χ0v) is 20.3. The number of carbonyl (C=O) groups excluding carboxylic acids is 2. The van der Waals surface area contributed by atoms with E-state index in [4.69, 9.17) is 23.2 Å². The molecule has 0 saturated carbocycles. The second-order valence-corrected chi connectivity index (χ2v) is 9.12. The number of amides is 2. The molecule has 0 unspecified atom stereocenters. The van der Waals surface area contributed by atoms with E-state index in [0.717, 1.165) is 16.7 Å². The number of hydrogen-bond acceptors (Lipinski definition) is 2. The van der Waals surface area contributed by atoms with Crippen LogP contribution in [0.5, 0.6) is 0 Å². The fourth-order valence-electron chi connectivity index (χ4n) is 3.64. The summed E-state index contributed by atoms with van der Waals surface area (Å²) in [6, 6.07) is 23.8. The predicted molar refractivity (Wildman–Crippen MR) is 134 cm³/mol. The summed E-state index contributed by atoms with van der Waals surface area (Å²) < 4.78 is 0. The van der Waals surface area contributed by atoms with E-state index in [1.165, 1.54) is 0 Å². The number of hydrogen-bond donors (Lipinski definition) is 1. The van der Waals surface area contributed by atoms with Gasteiger partial charge in [-0.1, -0.05) is 89.9 Å². The Morgan fingerprint density at radius 2 is 1.42 bits per heavy atom. The fourth-order valence-corrected chi connectivity index (χ4v) is 3.96. The SMILES string of the molecule is CC(C)NC(=O)[C@H](Cc1ccccc1)N(Cc1ccc(Cl)c(Cl)c1)C(=O)Cc1ccccc1. The van der Waals surface area contributed by atoms with E-state index in [-0.39, 0.29) is 30.8 Å². The molecule has 33 heavy (non-hydrogen) atoms. The molecule has 0 bridgehead atoms. The van der Waals surface area contributed by atoms with E-state index in [1.54, 1.807) is 17.0 Å². The number of rotatable bonds is 9. The molecule has 0 fully saturated rings. The van der Waals surface area contributed by atoms with Crippen LogP contribution in [0.4, 0.5) is 0 Å². The van der Waals surface area contributed by atoms with Crippen molar-refractivity contribution in [2.24, 2.45) is 0 Å². The van der Waals surface area contributed by atoms with Crippen LogP contribution in [0.25, 0.3) is 0 Å². The Hall–Kier alpha value is -2.82. The largest absolute Gasteiger partial charge is 0.352 e. The molecule has 0 radical (unpaired) electrons. The van der Waals surface area contributed by atoms with Gasteiger partial charge < -0.3 is 10.2 Å². The second-order valence-electron chi connectivity index (χ2n) is 8.30. The van der Waals surface area contributed by atoms with Gasteiger partial charge in [0.2, 0.25) is 11.8 Å². The molecular weight excluding hydrogens is 455 g/mol. The van der Waals surface area contributed by atoms with E-state index >= 15 is 0 Å². The van der Waals surface area contributed by atoms with Crippen molar-refractivity contribution >= 4 is 35.0 Å². The standard InChI is InChI=1S/C27H28Cl2N2O2/c1-19(2)30-27(33)25(16-20-9-5-3-6-10-20)31(18-22-13-14-23(28)24(29)15-22)26(32)17-21-11-7-4-8-12-21/h3-15,19,25H,16-18H2,1-2H3,(H,30,33)/t25-/m0/s1. The predicted octanol–water partition coefficient (Wildman–Crippen LogP) is 5.70. The highest BCUT2D eigenvalue weighted by atomic mass is 35.5. The summed E-state index contributed by atoms with van der Waals surface area (Å²) in [5, 5.41) is 3.85. The molecule has 3 rings (SSSR count). The summed E-state index contributed by atoms with van der Waals surface area (Å²) in [4.78, 5) is 28.5. The first-order chi connectivity index (χ1) is 15.8. The molecule has 4 nitrogen and oxygen atoms in total. The average molecular weight is 483 g/mol. The second kappa shape index (κ2) is 11.9. The molecule has 1 N–H and O–H groups in total. The van der Waals surface area contributed by atoms with Crippen LogP contribution < -0.4 is 5.32 Å². The minimum atomic E-state index is -0.680. The Morgan fingerprint density at radius 1 is 0.818 bits per heavy atom. The summed E-state index contributed by atoms with van der Waals surface area (Å²) in [5.74, 6) is -0.317. The van der Waals surface area contributed by atoms with Crippen LogP contribution in [0.3, 0.4) is 0 Å². The summed E-state index contributed by atoms with van der Waals surface area (Å²) in [6.45, 7) is 4.06. The van der Waals surface area contributed by atoms with Gasteiger partial charge >= 0.3 is 0 Å². The molecule has 1 atom stereocenters. The van der Waals surface area contributed by atoms with Gasteiger partial charge in [0.1, 0.15) is 6.04 Å². The van der Waals surface area contributed by atoms with E-state index in [0.29, 0.717) is 16.5 Å². The first-order valence-electron chi connectivity index (χ1n) is 10.9. The van der Waals surface area contributed by atoms with Gasteiger partial charge in [0.25, 0.3) is 0 Å². The molecule has 3 aromatic rings. The lowest BCUT2D eigenvalue weighted by atomic mass is 10.0. The minimum absolute atomic E-state index is 0.0492.